The second-order valence-corrected chi connectivity index (χ2v) is 7.14. The van der Waals surface area contributed by atoms with Gasteiger partial charge >= 0.3 is 0 Å². The quantitative estimate of drug-likeness (QED) is 0.841. The number of morpholine rings is 1. The van der Waals surface area contributed by atoms with E-state index in [9.17, 15) is 9.59 Å². The minimum Gasteiger partial charge on any atom is -0.451 e. The van der Waals surface area contributed by atoms with E-state index < -0.39 is 0 Å². The van der Waals surface area contributed by atoms with E-state index in [-0.39, 0.29) is 17.1 Å². The summed E-state index contributed by atoms with van der Waals surface area (Å²) < 4.78 is 11.1. The molecule has 1 amide bonds. The lowest BCUT2D eigenvalue weighted by Crippen LogP contribution is -2.46. The number of rotatable bonds is 3. The van der Waals surface area contributed by atoms with Crippen LogP contribution in [0.1, 0.15) is 23.4 Å². The Balaban J connectivity index is 1.48. The zero-order valence-electron chi connectivity index (χ0n) is 14.9. The third-order valence-corrected chi connectivity index (χ3v) is 5.27. The van der Waals surface area contributed by atoms with Crippen LogP contribution in [0.4, 0.5) is 0 Å². The lowest BCUT2D eigenvalue weighted by molar-refractivity contribution is 0.0220. The summed E-state index contributed by atoms with van der Waals surface area (Å²) in [5.41, 5.74) is 0.294. The highest BCUT2D eigenvalue weighted by atomic mass is 16.5. The molecule has 0 N–H and O–H groups in total. The van der Waals surface area contributed by atoms with Crippen LogP contribution in [0, 0.1) is 5.92 Å². The Morgan fingerprint density at radius 1 is 1.15 bits per heavy atom. The number of benzene rings is 1. The molecule has 2 saturated heterocycles. The lowest BCUT2D eigenvalue weighted by Gasteiger charge is -2.36. The molecule has 138 valence electrons. The van der Waals surface area contributed by atoms with Crippen LogP contribution in [0.25, 0.3) is 11.0 Å². The number of hydrogen-bond acceptors (Lipinski definition) is 5. The fourth-order valence-electron chi connectivity index (χ4n) is 3.91. The third kappa shape index (κ3) is 3.66. The average molecular weight is 356 g/mol. The van der Waals surface area contributed by atoms with Gasteiger partial charge in [-0.3, -0.25) is 14.5 Å². The molecular formula is C20H24N2O4. The molecule has 2 fully saturated rings. The van der Waals surface area contributed by atoms with Crippen LogP contribution < -0.4 is 5.43 Å². The first-order valence-corrected chi connectivity index (χ1v) is 9.33. The number of fused-ring (bicyclic) bond motifs is 1. The van der Waals surface area contributed by atoms with Gasteiger partial charge in [0.05, 0.1) is 18.6 Å². The van der Waals surface area contributed by atoms with Crippen LogP contribution >= 0.6 is 0 Å². The topological polar surface area (TPSA) is 63.0 Å². The van der Waals surface area contributed by atoms with Gasteiger partial charge in [-0.2, -0.15) is 0 Å². The van der Waals surface area contributed by atoms with E-state index in [1.807, 2.05) is 4.90 Å². The largest absolute Gasteiger partial charge is 0.451 e. The van der Waals surface area contributed by atoms with Gasteiger partial charge in [0.25, 0.3) is 5.91 Å². The SMILES string of the molecule is O=C(c1cc(=O)c2ccccc2o1)N1CCCC(CN2CCOCC2)C1. The summed E-state index contributed by atoms with van der Waals surface area (Å²) in [6.07, 6.45) is 2.11. The minimum atomic E-state index is -0.181. The van der Waals surface area contributed by atoms with Crippen LogP contribution in [0.5, 0.6) is 0 Å². The molecule has 1 unspecified atom stereocenters. The number of ether oxygens (including phenoxy) is 1. The number of piperidine rings is 1. The van der Waals surface area contributed by atoms with Crippen molar-refractivity contribution in [2.45, 2.75) is 12.8 Å². The maximum absolute atomic E-state index is 12.9. The summed E-state index contributed by atoms with van der Waals surface area (Å²) in [7, 11) is 0. The van der Waals surface area contributed by atoms with Crippen LogP contribution in [0.2, 0.25) is 0 Å². The Morgan fingerprint density at radius 3 is 2.81 bits per heavy atom. The molecule has 2 aliphatic rings. The molecule has 0 saturated carbocycles. The highest BCUT2D eigenvalue weighted by Gasteiger charge is 2.28. The van der Waals surface area contributed by atoms with Gasteiger partial charge in [0.2, 0.25) is 0 Å². The highest BCUT2D eigenvalue weighted by Crippen LogP contribution is 2.21. The van der Waals surface area contributed by atoms with Crippen LogP contribution in [0.3, 0.4) is 0 Å². The second-order valence-electron chi connectivity index (χ2n) is 7.14. The van der Waals surface area contributed by atoms with E-state index in [0.717, 1.165) is 52.2 Å². The zero-order chi connectivity index (χ0) is 17.9. The van der Waals surface area contributed by atoms with Crippen LogP contribution in [-0.2, 0) is 4.74 Å². The van der Waals surface area contributed by atoms with Gasteiger partial charge in [-0.05, 0) is 30.9 Å². The fourth-order valence-corrected chi connectivity index (χ4v) is 3.91. The van der Waals surface area contributed by atoms with Crippen molar-refractivity contribution in [2.24, 2.45) is 5.92 Å². The molecule has 1 aromatic heterocycles. The monoisotopic (exact) mass is 356 g/mol. The van der Waals surface area contributed by atoms with E-state index in [2.05, 4.69) is 4.90 Å². The Kier molecular flexibility index (Phi) is 5.04. The van der Waals surface area contributed by atoms with Crippen molar-refractivity contribution in [2.75, 3.05) is 45.9 Å². The van der Waals surface area contributed by atoms with E-state index in [4.69, 9.17) is 9.15 Å². The van der Waals surface area contributed by atoms with Gasteiger partial charge in [-0.15, -0.1) is 0 Å². The smallest absolute Gasteiger partial charge is 0.289 e. The highest BCUT2D eigenvalue weighted by molar-refractivity contribution is 5.93. The Hall–Kier alpha value is -2.18. The first-order chi connectivity index (χ1) is 12.7. The molecule has 2 aliphatic heterocycles. The molecule has 0 bridgehead atoms. The van der Waals surface area contributed by atoms with Crippen molar-refractivity contribution in [3.63, 3.8) is 0 Å². The summed E-state index contributed by atoms with van der Waals surface area (Å²) in [4.78, 5) is 29.4. The molecule has 0 radical (unpaired) electrons. The van der Waals surface area contributed by atoms with Crippen molar-refractivity contribution in [3.05, 3.63) is 46.3 Å². The summed E-state index contributed by atoms with van der Waals surface area (Å²) in [5, 5.41) is 0.507. The molecule has 6 heteroatoms. The minimum absolute atomic E-state index is 0.140. The molecule has 6 nitrogen and oxygen atoms in total. The maximum Gasteiger partial charge on any atom is 0.289 e. The van der Waals surface area contributed by atoms with Crippen LogP contribution in [-0.4, -0.2) is 61.6 Å². The number of carbonyl (C=O) groups excluding carboxylic acids is 1. The van der Waals surface area contributed by atoms with Gasteiger partial charge in [0.15, 0.2) is 11.2 Å². The van der Waals surface area contributed by atoms with Crippen molar-refractivity contribution in [1.29, 1.82) is 0 Å². The van der Waals surface area contributed by atoms with Gasteiger partial charge < -0.3 is 14.1 Å². The number of amides is 1. The third-order valence-electron chi connectivity index (χ3n) is 5.27. The molecule has 3 heterocycles. The van der Waals surface area contributed by atoms with E-state index in [0.29, 0.717) is 23.4 Å². The Bertz CT molecular complexity index is 841. The Morgan fingerprint density at radius 2 is 1.96 bits per heavy atom. The van der Waals surface area contributed by atoms with Crippen molar-refractivity contribution in [1.82, 2.24) is 9.80 Å². The molecule has 4 rings (SSSR count). The van der Waals surface area contributed by atoms with E-state index in [1.54, 1.807) is 24.3 Å². The van der Waals surface area contributed by atoms with E-state index in [1.165, 1.54) is 6.07 Å². The lowest BCUT2D eigenvalue weighted by atomic mass is 9.97. The molecule has 0 aliphatic carbocycles. The molecular weight excluding hydrogens is 332 g/mol. The molecule has 1 aromatic carbocycles. The molecule has 26 heavy (non-hydrogen) atoms. The van der Waals surface area contributed by atoms with Crippen LogP contribution in [0.15, 0.2) is 39.5 Å². The van der Waals surface area contributed by atoms with Gasteiger partial charge in [-0.25, -0.2) is 0 Å². The number of likely N-dealkylation sites (tertiary alicyclic amines) is 1. The number of para-hydroxylation sites is 1. The standard InChI is InChI=1S/C20H24N2O4/c23-17-12-19(26-18-6-2-1-5-16(17)18)20(24)22-7-3-4-15(14-22)13-21-8-10-25-11-9-21/h1-2,5-6,12,15H,3-4,7-11,13-14H2. The van der Waals surface area contributed by atoms with Crippen molar-refractivity contribution < 1.29 is 13.9 Å². The maximum atomic E-state index is 12.9. The molecule has 1 atom stereocenters. The predicted octanol–water partition coefficient (Wildman–Crippen LogP) is 1.98. The van der Waals surface area contributed by atoms with Gasteiger partial charge in [0, 0.05) is 38.8 Å². The molecule has 2 aromatic rings. The fraction of sp³-hybridized carbons (Fsp3) is 0.500. The number of nitrogens with zero attached hydrogens (tertiary/aromatic N) is 2. The van der Waals surface area contributed by atoms with E-state index >= 15 is 0 Å². The van der Waals surface area contributed by atoms with Gasteiger partial charge in [0.1, 0.15) is 5.58 Å². The molecule has 0 spiro atoms. The summed E-state index contributed by atoms with van der Waals surface area (Å²) in [6, 6.07) is 8.37. The predicted molar refractivity (Wildman–Crippen MR) is 98.4 cm³/mol. The number of carbonyl (C=O) groups is 1. The summed E-state index contributed by atoms with van der Waals surface area (Å²) >= 11 is 0. The van der Waals surface area contributed by atoms with Crippen molar-refractivity contribution in [3.8, 4) is 0 Å². The summed E-state index contributed by atoms with van der Waals surface area (Å²) in [6.45, 7) is 5.93. The second kappa shape index (κ2) is 7.60. The average Bonchev–Trinajstić information content (AvgIpc) is 2.68. The first kappa shape index (κ1) is 17.2. The Labute approximate surface area is 152 Å². The number of hydrogen-bond donors (Lipinski definition) is 0. The zero-order valence-corrected chi connectivity index (χ0v) is 14.9. The summed E-state index contributed by atoms with van der Waals surface area (Å²) in [5.74, 6) is 0.415. The first-order valence-electron chi connectivity index (χ1n) is 9.33. The van der Waals surface area contributed by atoms with Gasteiger partial charge in [-0.1, -0.05) is 12.1 Å². The van der Waals surface area contributed by atoms with Crippen molar-refractivity contribution >= 4 is 16.9 Å². The normalized spacial score (nSPS) is 21.8.